The summed E-state index contributed by atoms with van der Waals surface area (Å²) in [5.74, 6) is -0.0509. The maximum Gasteiger partial charge on any atom is 0.178 e. The number of ketones is 1. The van der Waals surface area contributed by atoms with Crippen molar-refractivity contribution in [1.82, 2.24) is 9.97 Å². The second kappa shape index (κ2) is 8.15. The Labute approximate surface area is 142 Å². The van der Waals surface area contributed by atoms with E-state index >= 15 is 0 Å². The van der Waals surface area contributed by atoms with Gasteiger partial charge in [-0.1, -0.05) is 17.3 Å². The van der Waals surface area contributed by atoms with E-state index in [1.165, 1.54) is 6.92 Å². The van der Waals surface area contributed by atoms with Crippen LogP contribution in [-0.2, 0) is 4.84 Å². The molecule has 0 saturated carbocycles. The maximum atomic E-state index is 11.4. The SMILES string of the molecule is CC(=O)c1cccc(C=C(C)CO/N=C(\C)c2cccc(C)n2)n1. The monoisotopic (exact) mass is 323 g/mol. The van der Waals surface area contributed by atoms with Crippen LogP contribution in [0.2, 0.25) is 0 Å². The Bertz CT molecular complexity index is 795. The molecule has 0 fully saturated rings. The number of rotatable bonds is 6. The highest BCUT2D eigenvalue weighted by atomic mass is 16.6. The number of carbonyl (C=O) groups is 1. The van der Waals surface area contributed by atoms with Crippen LogP contribution in [0.1, 0.15) is 48.3 Å². The molecule has 5 heteroatoms. The Kier molecular flexibility index (Phi) is 5.95. The first-order valence-electron chi connectivity index (χ1n) is 7.71. The third kappa shape index (κ3) is 5.12. The molecule has 0 atom stereocenters. The van der Waals surface area contributed by atoms with Gasteiger partial charge in [0.2, 0.25) is 0 Å². The summed E-state index contributed by atoms with van der Waals surface area (Å²) >= 11 is 0. The minimum absolute atomic E-state index is 0.0509. The van der Waals surface area contributed by atoms with E-state index in [9.17, 15) is 4.79 Å². The molecule has 0 spiro atoms. The summed E-state index contributed by atoms with van der Waals surface area (Å²) in [5.41, 5.74) is 4.60. The topological polar surface area (TPSA) is 64.4 Å². The summed E-state index contributed by atoms with van der Waals surface area (Å²) in [4.78, 5) is 25.4. The van der Waals surface area contributed by atoms with E-state index in [0.717, 1.165) is 28.4 Å². The van der Waals surface area contributed by atoms with E-state index in [-0.39, 0.29) is 5.78 Å². The van der Waals surface area contributed by atoms with E-state index in [0.29, 0.717) is 12.3 Å². The predicted octanol–water partition coefficient (Wildman–Crippen LogP) is 3.83. The molecule has 2 rings (SSSR count). The van der Waals surface area contributed by atoms with Gasteiger partial charge in [-0.05, 0) is 56.7 Å². The summed E-state index contributed by atoms with van der Waals surface area (Å²) in [6.07, 6.45) is 1.88. The highest BCUT2D eigenvalue weighted by Gasteiger charge is 2.02. The summed E-state index contributed by atoms with van der Waals surface area (Å²) in [7, 11) is 0. The van der Waals surface area contributed by atoms with Crippen molar-refractivity contribution in [3.8, 4) is 0 Å². The van der Waals surface area contributed by atoms with Crippen LogP contribution in [-0.4, -0.2) is 28.1 Å². The molecular formula is C19H21N3O2. The quantitative estimate of drug-likeness (QED) is 0.460. The fourth-order valence-corrected chi connectivity index (χ4v) is 2.04. The van der Waals surface area contributed by atoms with Crippen molar-refractivity contribution in [2.75, 3.05) is 6.61 Å². The van der Waals surface area contributed by atoms with Gasteiger partial charge < -0.3 is 4.84 Å². The van der Waals surface area contributed by atoms with Crippen LogP contribution in [0.15, 0.2) is 47.1 Å². The molecule has 0 amide bonds. The van der Waals surface area contributed by atoms with Gasteiger partial charge in [0.1, 0.15) is 18.0 Å². The van der Waals surface area contributed by atoms with Crippen molar-refractivity contribution < 1.29 is 9.63 Å². The van der Waals surface area contributed by atoms with Crippen LogP contribution < -0.4 is 0 Å². The van der Waals surface area contributed by atoms with E-state index in [4.69, 9.17) is 4.84 Å². The predicted molar refractivity (Wildman–Crippen MR) is 95.0 cm³/mol. The Hall–Kier alpha value is -2.82. The summed E-state index contributed by atoms with van der Waals surface area (Å²) in [6, 6.07) is 11.1. The lowest BCUT2D eigenvalue weighted by molar-refractivity contribution is 0.101. The second-order valence-corrected chi connectivity index (χ2v) is 5.61. The highest BCUT2D eigenvalue weighted by Crippen LogP contribution is 2.07. The largest absolute Gasteiger partial charge is 0.391 e. The third-order valence-corrected chi connectivity index (χ3v) is 3.28. The molecule has 124 valence electrons. The van der Waals surface area contributed by atoms with Crippen molar-refractivity contribution in [2.45, 2.75) is 27.7 Å². The van der Waals surface area contributed by atoms with Gasteiger partial charge in [-0.25, -0.2) is 4.98 Å². The molecule has 24 heavy (non-hydrogen) atoms. The molecule has 0 unspecified atom stereocenters. The van der Waals surface area contributed by atoms with Gasteiger partial charge in [0.05, 0.1) is 11.4 Å². The standard InChI is InChI=1S/C19H21N3O2/c1-13(11-17-8-6-10-19(21-17)16(4)23)12-24-22-15(3)18-9-5-7-14(2)20-18/h5-11H,12H2,1-4H3/b13-11?,22-15+. The second-order valence-electron chi connectivity index (χ2n) is 5.61. The van der Waals surface area contributed by atoms with Crippen LogP contribution >= 0.6 is 0 Å². The zero-order valence-electron chi connectivity index (χ0n) is 14.4. The molecule has 0 aromatic carbocycles. The van der Waals surface area contributed by atoms with Crippen LogP contribution in [0.4, 0.5) is 0 Å². The molecule has 2 heterocycles. The number of hydrogen-bond acceptors (Lipinski definition) is 5. The van der Waals surface area contributed by atoms with Gasteiger partial charge in [0.25, 0.3) is 0 Å². The first kappa shape index (κ1) is 17.5. The number of carbonyl (C=O) groups excluding carboxylic acids is 1. The maximum absolute atomic E-state index is 11.4. The molecule has 0 N–H and O–H groups in total. The van der Waals surface area contributed by atoms with Gasteiger partial charge in [0.15, 0.2) is 5.78 Å². The van der Waals surface area contributed by atoms with Crippen molar-refractivity contribution in [1.29, 1.82) is 0 Å². The number of aryl methyl sites for hydroxylation is 1. The lowest BCUT2D eigenvalue weighted by Gasteiger charge is -2.04. The number of pyridine rings is 2. The van der Waals surface area contributed by atoms with Crippen molar-refractivity contribution in [2.24, 2.45) is 5.16 Å². The lowest BCUT2D eigenvalue weighted by atomic mass is 10.2. The minimum Gasteiger partial charge on any atom is -0.391 e. The molecule has 0 aliphatic rings. The first-order chi connectivity index (χ1) is 11.5. The molecule has 5 nitrogen and oxygen atoms in total. The molecule has 2 aromatic rings. The number of hydrogen-bond donors (Lipinski definition) is 0. The van der Waals surface area contributed by atoms with Gasteiger partial charge in [-0.2, -0.15) is 0 Å². The van der Waals surface area contributed by atoms with Gasteiger partial charge in [0, 0.05) is 12.6 Å². The van der Waals surface area contributed by atoms with Crippen molar-refractivity contribution >= 4 is 17.6 Å². The zero-order chi connectivity index (χ0) is 17.5. The molecule has 2 aromatic heterocycles. The Morgan fingerprint density at radius 2 is 1.79 bits per heavy atom. The average Bonchev–Trinajstić information content (AvgIpc) is 2.55. The molecule has 0 saturated heterocycles. The fourth-order valence-electron chi connectivity index (χ4n) is 2.04. The average molecular weight is 323 g/mol. The lowest BCUT2D eigenvalue weighted by Crippen LogP contribution is -2.02. The normalized spacial score (nSPS) is 12.2. The zero-order valence-corrected chi connectivity index (χ0v) is 14.4. The summed E-state index contributed by atoms with van der Waals surface area (Å²) in [5, 5.41) is 4.10. The number of oxime groups is 1. The third-order valence-electron chi connectivity index (χ3n) is 3.28. The number of aromatic nitrogens is 2. The highest BCUT2D eigenvalue weighted by molar-refractivity contribution is 5.96. The van der Waals surface area contributed by atoms with E-state index in [1.54, 1.807) is 6.07 Å². The molecule has 0 radical (unpaired) electrons. The summed E-state index contributed by atoms with van der Waals surface area (Å²) < 4.78 is 0. The van der Waals surface area contributed by atoms with Crippen LogP contribution in [0.25, 0.3) is 6.08 Å². The number of Topliss-reactive ketones (excluding diaryl/α,β-unsaturated/α-hetero) is 1. The first-order valence-corrected chi connectivity index (χ1v) is 7.71. The van der Waals surface area contributed by atoms with Gasteiger partial charge >= 0.3 is 0 Å². The number of nitrogens with zero attached hydrogens (tertiary/aromatic N) is 3. The Balaban J connectivity index is 1.99. The van der Waals surface area contributed by atoms with Crippen LogP contribution in [0.3, 0.4) is 0 Å². The smallest absolute Gasteiger partial charge is 0.178 e. The van der Waals surface area contributed by atoms with Crippen molar-refractivity contribution in [3.05, 3.63) is 64.7 Å². The van der Waals surface area contributed by atoms with Crippen molar-refractivity contribution in [3.63, 3.8) is 0 Å². The van der Waals surface area contributed by atoms with E-state index in [2.05, 4.69) is 15.1 Å². The molecular weight excluding hydrogens is 302 g/mol. The van der Waals surface area contributed by atoms with Crippen LogP contribution in [0.5, 0.6) is 0 Å². The van der Waals surface area contributed by atoms with E-state index in [1.807, 2.05) is 57.2 Å². The molecule has 0 aliphatic carbocycles. The van der Waals surface area contributed by atoms with E-state index < -0.39 is 0 Å². The van der Waals surface area contributed by atoms with Gasteiger partial charge in [-0.3, -0.25) is 9.78 Å². The summed E-state index contributed by atoms with van der Waals surface area (Å²) in [6.45, 7) is 7.57. The molecule has 0 aliphatic heterocycles. The fraction of sp³-hybridized carbons (Fsp3) is 0.263. The Morgan fingerprint density at radius 3 is 2.50 bits per heavy atom. The van der Waals surface area contributed by atoms with Gasteiger partial charge in [-0.15, -0.1) is 0 Å². The molecule has 0 bridgehead atoms. The minimum atomic E-state index is -0.0509. The Morgan fingerprint density at radius 1 is 1.08 bits per heavy atom. The van der Waals surface area contributed by atoms with Crippen LogP contribution in [0, 0.1) is 6.92 Å².